The largest absolute Gasteiger partial charge is 0.327 e. The van der Waals surface area contributed by atoms with Crippen molar-refractivity contribution in [3.8, 4) is 0 Å². The Morgan fingerprint density at radius 3 is 2.47 bits per heavy atom. The van der Waals surface area contributed by atoms with Crippen molar-refractivity contribution < 1.29 is 0 Å². The smallest absolute Gasteiger partial charge is 0.00965 e. The van der Waals surface area contributed by atoms with Gasteiger partial charge in [-0.3, -0.25) is 0 Å². The zero-order chi connectivity index (χ0) is 13.7. The van der Waals surface area contributed by atoms with Crippen LogP contribution in [-0.2, 0) is 0 Å². The molecule has 2 N–H and O–H groups in total. The van der Waals surface area contributed by atoms with Gasteiger partial charge in [0, 0.05) is 18.6 Å². The van der Waals surface area contributed by atoms with Crippen LogP contribution in [-0.4, -0.2) is 30.1 Å². The average Bonchev–Trinajstić information content (AvgIpc) is 3.22. The van der Waals surface area contributed by atoms with Gasteiger partial charge in [0.25, 0.3) is 0 Å². The van der Waals surface area contributed by atoms with Gasteiger partial charge in [-0.2, -0.15) is 0 Å². The van der Waals surface area contributed by atoms with E-state index < -0.39 is 0 Å². The second-order valence-electron chi connectivity index (χ2n) is 6.97. The van der Waals surface area contributed by atoms with Gasteiger partial charge in [0.15, 0.2) is 0 Å². The third-order valence-corrected chi connectivity index (χ3v) is 5.18. The fourth-order valence-electron chi connectivity index (χ4n) is 3.79. The van der Waals surface area contributed by atoms with Gasteiger partial charge in [0.05, 0.1) is 0 Å². The van der Waals surface area contributed by atoms with Crippen molar-refractivity contribution >= 4 is 0 Å². The normalized spacial score (nSPS) is 31.9. The van der Waals surface area contributed by atoms with Crippen molar-refractivity contribution in [3.63, 3.8) is 0 Å². The first kappa shape index (κ1) is 15.3. The third kappa shape index (κ3) is 4.75. The summed E-state index contributed by atoms with van der Waals surface area (Å²) < 4.78 is 0. The molecular weight excluding hydrogens is 232 g/mol. The van der Waals surface area contributed by atoms with Crippen LogP contribution >= 0.6 is 0 Å². The Morgan fingerprint density at radius 2 is 1.84 bits per heavy atom. The molecule has 0 bridgehead atoms. The van der Waals surface area contributed by atoms with Crippen molar-refractivity contribution in [1.82, 2.24) is 4.90 Å². The molecule has 2 rings (SSSR count). The number of hydrogen-bond acceptors (Lipinski definition) is 2. The predicted molar refractivity (Wildman–Crippen MR) is 83.2 cm³/mol. The molecule has 0 aliphatic heterocycles. The molecule has 19 heavy (non-hydrogen) atoms. The summed E-state index contributed by atoms with van der Waals surface area (Å²) in [6, 6.07) is 1.38. The molecule has 0 aromatic heterocycles. The fourth-order valence-corrected chi connectivity index (χ4v) is 3.79. The summed E-state index contributed by atoms with van der Waals surface area (Å²) >= 11 is 0. The lowest BCUT2D eigenvalue weighted by molar-refractivity contribution is 0.145. The van der Waals surface area contributed by atoms with Crippen LogP contribution in [0.2, 0.25) is 0 Å². The molecule has 2 heteroatoms. The second kappa shape index (κ2) is 7.64. The fraction of sp³-hybridized carbons (Fsp3) is 1.00. The summed E-state index contributed by atoms with van der Waals surface area (Å²) in [4.78, 5) is 2.77. The molecule has 2 aliphatic carbocycles. The molecular formula is C17H34N2. The highest BCUT2D eigenvalue weighted by Crippen LogP contribution is 2.34. The zero-order valence-corrected chi connectivity index (χ0v) is 13.1. The lowest BCUT2D eigenvalue weighted by Gasteiger charge is -2.37. The molecule has 2 nitrogen and oxygen atoms in total. The molecule has 3 unspecified atom stereocenters. The summed E-state index contributed by atoms with van der Waals surface area (Å²) in [6.45, 7) is 7.21. The van der Waals surface area contributed by atoms with Crippen molar-refractivity contribution in [2.45, 2.75) is 83.7 Å². The van der Waals surface area contributed by atoms with Gasteiger partial charge in [0.1, 0.15) is 0 Å². The topological polar surface area (TPSA) is 29.3 Å². The van der Waals surface area contributed by atoms with E-state index in [2.05, 4.69) is 18.7 Å². The highest BCUT2D eigenvalue weighted by Gasteiger charge is 2.34. The first-order chi connectivity index (χ1) is 9.24. The standard InChI is InChI=1S/C17H34N2/c1-3-5-11-19(16-8-9-16)13-15-12-14(6-4-2)7-10-17(15)18/h14-17H,3-13,18H2,1-2H3. The summed E-state index contributed by atoms with van der Waals surface area (Å²) in [7, 11) is 0. The van der Waals surface area contributed by atoms with Gasteiger partial charge in [0.2, 0.25) is 0 Å². The Balaban J connectivity index is 1.83. The number of rotatable bonds is 8. The molecule has 3 atom stereocenters. The summed E-state index contributed by atoms with van der Waals surface area (Å²) in [5.41, 5.74) is 6.41. The van der Waals surface area contributed by atoms with E-state index in [9.17, 15) is 0 Å². The monoisotopic (exact) mass is 266 g/mol. The number of nitrogens with zero attached hydrogens (tertiary/aromatic N) is 1. The SMILES string of the molecule is CCCCN(CC1CC(CCC)CCC1N)C1CC1. The zero-order valence-electron chi connectivity index (χ0n) is 13.1. The Kier molecular flexibility index (Phi) is 6.15. The molecule has 0 aromatic rings. The van der Waals surface area contributed by atoms with Gasteiger partial charge in [-0.1, -0.05) is 33.1 Å². The van der Waals surface area contributed by atoms with E-state index in [1.165, 1.54) is 70.9 Å². The van der Waals surface area contributed by atoms with E-state index in [0.29, 0.717) is 6.04 Å². The van der Waals surface area contributed by atoms with E-state index in [1.807, 2.05) is 0 Å². The third-order valence-electron chi connectivity index (χ3n) is 5.18. The van der Waals surface area contributed by atoms with Gasteiger partial charge < -0.3 is 10.6 Å². The molecule has 112 valence electrons. The highest BCUT2D eigenvalue weighted by atomic mass is 15.2. The van der Waals surface area contributed by atoms with Crippen molar-refractivity contribution in [2.24, 2.45) is 17.6 Å². The van der Waals surface area contributed by atoms with Crippen LogP contribution in [0.1, 0.15) is 71.6 Å². The van der Waals surface area contributed by atoms with Gasteiger partial charge >= 0.3 is 0 Å². The minimum Gasteiger partial charge on any atom is -0.327 e. The first-order valence-corrected chi connectivity index (χ1v) is 8.74. The Bertz CT molecular complexity index is 250. The van der Waals surface area contributed by atoms with Crippen LogP contribution in [0.25, 0.3) is 0 Å². The van der Waals surface area contributed by atoms with E-state index in [1.54, 1.807) is 0 Å². The molecule has 0 aromatic carbocycles. The Hall–Kier alpha value is -0.0800. The van der Waals surface area contributed by atoms with Gasteiger partial charge in [-0.25, -0.2) is 0 Å². The maximum Gasteiger partial charge on any atom is 0.00965 e. The quantitative estimate of drug-likeness (QED) is 0.724. The molecule has 0 saturated heterocycles. The van der Waals surface area contributed by atoms with Crippen LogP contribution in [0.3, 0.4) is 0 Å². The molecule has 2 saturated carbocycles. The van der Waals surface area contributed by atoms with Crippen molar-refractivity contribution in [1.29, 1.82) is 0 Å². The molecule has 0 spiro atoms. The number of unbranched alkanes of at least 4 members (excludes halogenated alkanes) is 1. The van der Waals surface area contributed by atoms with E-state index in [4.69, 9.17) is 5.73 Å². The van der Waals surface area contributed by atoms with E-state index in [-0.39, 0.29) is 0 Å². The minimum absolute atomic E-state index is 0.469. The highest BCUT2D eigenvalue weighted by molar-refractivity contribution is 4.90. The maximum atomic E-state index is 6.41. The molecule has 0 heterocycles. The first-order valence-electron chi connectivity index (χ1n) is 8.74. The summed E-state index contributed by atoms with van der Waals surface area (Å²) in [5.74, 6) is 1.73. The predicted octanol–water partition coefficient (Wildman–Crippen LogP) is 3.79. The van der Waals surface area contributed by atoms with Crippen molar-refractivity contribution in [3.05, 3.63) is 0 Å². The molecule has 2 fully saturated rings. The van der Waals surface area contributed by atoms with Crippen LogP contribution in [0.5, 0.6) is 0 Å². The van der Waals surface area contributed by atoms with Gasteiger partial charge in [-0.05, 0) is 56.9 Å². The van der Waals surface area contributed by atoms with Crippen molar-refractivity contribution in [2.75, 3.05) is 13.1 Å². The summed E-state index contributed by atoms with van der Waals surface area (Å²) in [6.07, 6.45) is 12.3. The van der Waals surface area contributed by atoms with Gasteiger partial charge in [-0.15, -0.1) is 0 Å². The summed E-state index contributed by atoms with van der Waals surface area (Å²) in [5, 5.41) is 0. The van der Waals surface area contributed by atoms with Crippen LogP contribution < -0.4 is 5.73 Å². The van der Waals surface area contributed by atoms with E-state index >= 15 is 0 Å². The van der Waals surface area contributed by atoms with Crippen LogP contribution in [0.15, 0.2) is 0 Å². The Labute approximate surface area is 120 Å². The lowest BCUT2D eigenvalue weighted by Crippen LogP contribution is -2.44. The number of hydrogen-bond donors (Lipinski definition) is 1. The van der Waals surface area contributed by atoms with Crippen LogP contribution in [0, 0.1) is 11.8 Å². The van der Waals surface area contributed by atoms with E-state index in [0.717, 1.165) is 17.9 Å². The minimum atomic E-state index is 0.469. The number of nitrogens with two attached hydrogens (primary N) is 1. The molecule has 0 radical (unpaired) electrons. The maximum absolute atomic E-state index is 6.41. The second-order valence-corrected chi connectivity index (χ2v) is 6.97. The lowest BCUT2D eigenvalue weighted by atomic mass is 9.76. The Morgan fingerprint density at radius 1 is 1.05 bits per heavy atom. The van der Waals surface area contributed by atoms with Crippen LogP contribution in [0.4, 0.5) is 0 Å². The average molecular weight is 266 g/mol. The molecule has 2 aliphatic rings. The molecule has 0 amide bonds.